The zero-order valence-electron chi connectivity index (χ0n) is 16.3. The molecule has 0 aliphatic rings. The molecule has 2 aromatic rings. The van der Waals surface area contributed by atoms with E-state index in [2.05, 4.69) is 0 Å². The number of benzene rings is 2. The van der Waals surface area contributed by atoms with Crippen LogP contribution in [0.3, 0.4) is 0 Å². The molecule has 0 aromatic heterocycles. The van der Waals surface area contributed by atoms with Crippen molar-refractivity contribution in [2.75, 3.05) is 6.61 Å². The van der Waals surface area contributed by atoms with Crippen molar-refractivity contribution in [3.8, 4) is 0 Å². The summed E-state index contributed by atoms with van der Waals surface area (Å²) in [4.78, 5) is -0.482. The Bertz CT molecular complexity index is 920. The molecule has 1 unspecified atom stereocenters. The maximum atomic E-state index is 15.3. The third kappa shape index (κ3) is 5.69. The van der Waals surface area contributed by atoms with E-state index in [-0.39, 0.29) is 6.61 Å². The van der Waals surface area contributed by atoms with E-state index in [1.165, 1.54) is 32.0 Å². The minimum atomic E-state index is -4.98. The second-order valence-corrected chi connectivity index (χ2v) is 11.1. The third-order valence-electron chi connectivity index (χ3n) is 4.60. The number of sulfone groups is 1. The van der Waals surface area contributed by atoms with E-state index in [1.807, 2.05) is 6.07 Å². The van der Waals surface area contributed by atoms with Crippen LogP contribution in [0.2, 0.25) is 0 Å². The molecule has 0 fully saturated rings. The molecule has 29 heavy (non-hydrogen) atoms. The number of nitrogens with two attached hydrogens (primary N) is 1. The molecule has 2 atom stereocenters. The van der Waals surface area contributed by atoms with Gasteiger partial charge in [-0.2, -0.15) is 8.78 Å². The Kier molecular flexibility index (Phi) is 7.67. The molecule has 0 saturated heterocycles. The van der Waals surface area contributed by atoms with Crippen LogP contribution in [0.1, 0.15) is 25.8 Å². The fourth-order valence-corrected chi connectivity index (χ4v) is 4.61. The highest BCUT2D eigenvalue weighted by atomic mass is 32.2. The first kappa shape index (κ1) is 23.6. The first-order valence-corrected chi connectivity index (χ1v) is 11.6. The first-order valence-electron chi connectivity index (χ1n) is 8.94. The van der Waals surface area contributed by atoms with Gasteiger partial charge in [0.05, 0.1) is 39.8 Å². The Morgan fingerprint density at radius 2 is 1.55 bits per heavy atom. The van der Waals surface area contributed by atoms with E-state index >= 15 is 8.78 Å². The predicted molar refractivity (Wildman–Crippen MR) is 109 cm³/mol. The van der Waals surface area contributed by atoms with Crippen LogP contribution in [0.4, 0.5) is 8.78 Å². The molecule has 9 heteroatoms. The Morgan fingerprint density at radius 1 is 1.03 bits per heavy atom. The Balaban J connectivity index is 2.30. The minimum absolute atomic E-state index is 0.0466. The summed E-state index contributed by atoms with van der Waals surface area (Å²) < 4.78 is 71.9. The van der Waals surface area contributed by atoms with Crippen molar-refractivity contribution in [3.63, 3.8) is 0 Å². The van der Waals surface area contributed by atoms with E-state index < -0.39 is 54.7 Å². The van der Waals surface area contributed by atoms with Gasteiger partial charge in [-0.15, -0.1) is 0 Å². The summed E-state index contributed by atoms with van der Waals surface area (Å²) in [5, 5.41) is 1.30. The average Bonchev–Trinajstić information content (AvgIpc) is 2.68. The molecule has 2 rings (SSSR count). The topological polar surface area (TPSA) is 86.5 Å². The van der Waals surface area contributed by atoms with Gasteiger partial charge in [0.2, 0.25) is 9.84 Å². The Hall–Kier alpha value is -1.68. The molecule has 0 heterocycles. The summed E-state index contributed by atoms with van der Waals surface area (Å²) in [5.41, 5.74) is 0.766. The molecule has 5 nitrogen and oxygen atoms in total. The highest BCUT2D eigenvalue weighted by Crippen LogP contribution is 2.40. The molecule has 160 valence electrons. The van der Waals surface area contributed by atoms with E-state index in [9.17, 15) is 12.6 Å². The highest BCUT2D eigenvalue weighted by Gasteiger charge is 2.54. The van der Waals surface area contributed by atoms with Crippen LogP contribution >= 0.6 is 0 Å². The fraction of sp³-hybridized carbons (Fsp3) is 0.400. The number of hydrogen-bond donors (Lipinski definition) is 1. The molecular formula is C20H25F2NO4S2. The lowest BCUT2D eigenvalue weighted by atomic mass is 9.97. The smallest absolute Gasteiger partial charge is 0.355 e. The van der Waals surface area contributed by atoms with Crippen molar-refractivity contribution in [3.05, 3.63) is 66.2 Å². The van der Waals surface area contributed by atoms with Crippen molar-refractivity contribution >= 4 is 20.8 Å². The molecular weight excluding hydrogens is 420 g/mol. The summed E-state index contributed by atoms with van der Waals surface area (Å²) >= 11 is 0. The number of hydrogen-bond acceptors (Lipinski definition) is 4. The summed E-state index contributed by atoms with van der Waals surface area (Å²) in [6.45, 7) is 2.43. The zero-order valence-corrected chi connectivity index (χ0v) is 17.9. The van der Waals surface area contributed by atoms with Crippen LogP contribution in [0.25, 0.3) is 0 Å². The zero-order chi connectivity index (χ0) is 21.7. The third-order valence-corrected chi connectivity index (χ3v) is 7.80. The van der Waals surface area contributed by atoms with E-state index in [0.717, 1.165) is 17.7 Å². The number of halogens is 2. The van der Waals surface area contributed by atoms with Crippen molar-refractivity contribution in [1.82, 2.24) is 0 Å². The fourth-order valence-electron chi connectivity index (χ4n) is 2.82. The largest absolute Gasteiger partial charge is 0.376 e. The van der Waals surface area contributed by atoms with Gasteiger partial charge in [0.1, 0.15) is 0 Å². The second kappa shape index (κ2) is 9.42. The standard InChI is InChI=1S/C20H25F2NO4S2/c1-19(2,28(23)24)13-17(15-27-14-16-9-5-3-6-10-16)20(21,22)29(25,26)18-11-7-4-8-12-18/h3-12,17H,13-15,23H2,1-2H3/t17-,28?/m0/s1. The van der Waals surface area contributed by atoms with Crippen molar-refractivity contribution in [2.24, 2.45) is 11.1 Å². The van der Waals surface area contributed by atoms with Crippen molar-refractivity contribution in [1.29, 1.82) is 0 Å². The van der Waals surface area contributed by atoms with Gasteiger partial charge in [-0.3, -0.25) is 5.14 Å². The SMILES string of the molecule is CC(C)(C[C@@H](COCc1ccccc1)C(F)(F)S(=O)(=O)c1ccccc1)S(N)=O. The lowest BCUT2D eigenvalue weighted by Crippen LogP contribution is -2.45. The van der Waals surface area contributed by atoms with Crippen LogP contribution < -0.4 is 5.14 Å². The van der Waals surface area contributed by atoms with Crippen LogP contribution in [0, 0.1) is 5.92 Å². The molecule has 0 bridgehead atoms. The molecule has 0 radical (unpaired) electrons. The molecule has 0 spiro atoms. The number of rotatable bonds is 10. The van der Waals surface area contributed by atoms with Gasteiger partial charge < -0.3 is 4.74 Å². The quantitative estimate of drug-likeness (QED) is 0.604. The Morgan fingerprint density at radius 3 is 2.07 bits per heavy atom. The molecule has 0 aliphatic heterocycles. The normalized spacial score (nSPS) is 15.1. The predicted octanol–water partition coefficient (Wildman–Crippen LogP) is 3.68. The van der Waals surface area contributed by atoms with Gasteiger partial charge >= 0.3 is 5.25 Å². The van der Waals surface area contributed by atoms with Crippen LogP contribution in [0.15, 0.2) is 65.6 Å². The summed E-state index contributed by atoms with van der Waals surface area (Å²) in [6.07, 6.45) is -0.399. The maximum Gasteiger partial charge on any atom is 0.355 e. The summed E-state index contributed by atoms with van der Waals surface area (Å²) in [6, 6.07) is 15.5. The van der Waals surface area contributed by atoms with Gasteiger partial charge in [-0.1, -0.05) is 48.5 Å². The van der Waals surface area contributed by atoms with Gasteiger partial charge in [-0.05, 0) is 38.0 Å². The van der Waals surface area contributed by atoms with Gasteiger partial charge in [-0.25, -0.2) is 12.6 Å². The lowest BCUT2D eigenvalue weighted by molar-refractivity contribution is -0.0339. The summed E-state index contributed by atoms with van der Waals surface area (Å²) in [7, 11) is -6.91. The number of alkyl halides is 2. The van der Waals surface area contributed by atoms with Crippen molar-refractivity contribution in [2.45, 2.75) is 41.8 Å². The van der Waals surface area contributed by atoms with Gasteiger partial charge in [0.25, 0.3) is 0 Å². The Labute approximate surface area is 172 Å². The van der Waals surface area contributed by atoms with E-state index in [0.29, 0.717) is 0 Å². The molecule has 0 saturated carbocycles. The highest BCUT2D eigenvalue weighted by molar-refractivity contribution is 7.92. The maximum absolute atomic E-state index is 15.3. The second-order valence-electron chi connectivity index (χ2n) is 7.34. The van der Waals surface area contributed by atoms with Crippen LogP contribution in [-0.2, 0) is 32.2 Å². The number of ether oxygens (including phenoxy) is 1. The molecule has 0 amide bonds. The van der Waals surface area contributed by atoms with E-state index in [4.69, 9.17) is 9.88 Å². The van der Waals surface area contributed by atoms with Crippen molar-refractivity contribution < 1.29 is 26.1 Å². The monoisotopic (exact) mass is 445 g/mol. The van der Waals surface area contributed by atoms with Gasteiger partial charge in [0, 0.05) is 0 Å². The van der Waals surface area contributed by atoms with Crippen LogP contribution in [-0.4, -0.2) is 29.2 Å². The molecule has 0 aliphatic carbocycles. The molecule has 2 aromatic carbocycles. The summed E-state index contributed by atoms with van der Waals surface area (Å²) in [5.74, 6) is -1.74. The molecule has 2 N–H and O–H groups in total. The minimum Gasteiger partial charge on any atom is -0.376 e. The van der Waals surface area contributed by atoms with E-state index in [1.54, 1.807) is 24.3 Å². The van der Waals surface area contributed by atoms with Crippen LogP contribution in [0.5, 0.6) is 0 Å². The first-order chi connectivity index (χ1) is 13.5. The average molecular weight is 446 g/mol. The lowest BCUT2D eigenvalue weighted by Gasteiger charge is -2.32. The van der Waals surface area contributed by atoms with Gasteiger partial charge in [0.15, 0.2) is 0 Å².